The van der Waals surface area contributed by atoms with E-state index in [-0.39, 0.29) is 23.8 Å². The van der Waals surface area contributed by atoms with Crippen LogP contribution in [0.1, 0.15) is 29.6 Å². The highest BCUT2D eigenvalue weighted by molar-refractivity contribution is 6.03. The minimum atomic E-state index is -0.243. The molecule has 0 aliphatic heterocycles. The van der Waals surface area contributed by atoms with E-state index in [0.29, 0.717) is 10.9 Å². The molecule has 0 radical (unpaired) electrons. The van der Waals surface area contributed by atoms with E-state index in [2.05, 4.69) is 5.32 Å². The number of aromatic hydroxyl groups is 1. The first kappa shape index (κ1) is 13.9. The average molecular weight is 285 g/mol. The normalized spacial score (nSPS) is 21.6. The van der Waals surface area contributed by atoms with Gasteiger partial charge >= 0.3 is 0 Å². The van der Waals surface area contributed by atoms with Gasteiger partial charge in [-0.3, -0.25) is 4.79 Å². The zero-order chi connectivity index (χ0) is 14.8. The van der Waals surface area contributed by atoms with Crippen molar-refractivity contribution in [2.75, 3.05) is 7.11 Å². The number of benzene rings is 2. The minimum Gasteiger partial charge on any atom is -0.506 e. The molecule has 0 saturated heterocycles. The Hall–Kier alpha value is -2.07. The molecule has 4 heteroatoms. The lowest BCUT2D eigenvalue weighted by Crippen LogP contribution is -2.40. The summed E-state index contributed by atoms with van der Waals surface area (Å²) >= 11 is 0. The lowest BCUT2D eigenvalue weighted by molar-refractivity contribution is 0.0721. The quantitative estimate of drug-likeness (QED) is 0.911. The summed E-state index contributed by atoms with van der Waals surface area (Å²) in [5, 5.41) is 14.9. The van der Waals surface area contributed by atoms with E-state index in [1.165, 1.54) is 0 Å². The van der Waals surface area contributed by atoms with Crippen molar-refractivity contribution in [2.45, 2.75) is 31.4 Å². The molecule has 21 heavy (non-hydrogen) atoms. The number of methoxy groups -OCH3 is 1. The van der Waals surface area contributed by atoms with E-state index in [4.69, 9.17) is 4.74 Å². The first-order valence-electron chi connectivity index (χ1n) is 7.25. The largest absolute Gasteiger partial charge is 0.506 e. The van der Waals surface area contributed by atoms with Crippen LogP contribution in [0.2, 0.25) is 0 Å². The zero-order valence-electron chi connectivity index (χ0n) is 12.0. The molecule has 0 heterocycles. The van der Waals surface area contributed by atoms with Crippen LogP contribution in [-0.4, -0.2) is 30.3 Å². The standard InChI is InChI=1S/C17H19NO3/c1-21-15-8-4-7-14(15)18-17(20)13-10-9-11-5-2-3-6-12(11)16(13)19/h2-3,5-6,9-10,14-15,19H,4,7-8H2,1H3,(H,18,20). The van der Waals surface area contributed by atoms with Gasteiger partial charge in [0.2, 0.25) is 0 Å². The number of hydrogen-bond acceptors (Lipinski definition) is 3. The SMILES string of the molecule is COC1CCCC1NC(=O)c1ccc2ccccc2c1O. The van der Waals surface area contributed by atoms with Crippen molar-refractivity contribution in [1.82, 2.24) is 5.32 Å². The van der Waals surface area contributed by atoms with Crippen LogP contribution < -0.4 is 5.32 Å². The highest BCUT2D eigenvalue weighted by Gasteiger charge is 2.29. The Morgan fingerprint density at radius 2 is 2.05 bits per heavy atom. The van der Waals surface area contributed by atoms with Gasteiger partial charge in [0.15, 0.2) is 0 Å². The Morgan fingerprint density at radius 1 is 1.24 bits per heavy atom. The van der Waals surface area contributed by atoms with Crippen molar-refractivity contribution in [3.8, 4) is 5.75 Å². The number of phenolic OH excluding ortho intramolecular Hbond substituents is 1. The molecule has 1 amide bonds. The lowest BCUT2D eigenvalue weighted by atomic mass is 10.0. The topological polar surface area (TPSA) is 58.6 Å². The third-order valence-electron chi connectivity index (χ3n) is 4.22. The van der Waals surface area contributed by atoms with Crippen molar-refractivity contribution in [2.24, 2.45) is 0 Å². The summed E-state index contributed by atoms with van der Waals surface area (Å²) in [7, 11) is 1.67. The highest BCUT2D eigenvalue weighted by atomic mass is 16.5. The fourth-order valence-corrected chi connectivity index (χ4v) is 3.06. The number of phenols is 1. The summed E-state index contributed by atoms with van der Waals surface area (Å²) in [6.45, 7) is 0. The van der Waals surface area contributed by atoms with Crippen LogP contribution in [0.25, 0.3) is 10.8 Å². The van der Waals surface area contributed by atoms with Crippen LogP contribution in [0.4, 0.5) is 0 Å². The van der Waals surface area contributed by atoms with Gasteiger partial charge in [-0.1, -0.05) is 30.3 Å². The number of nitrogens with one attached hydrogen (secondary N) is 1. The van der Waals surface area contributed by atoms with E-state index in [0.717, 1.165) is 24.6 Å². The molecule has 2 atom stereocenters. The van der Waals surface area contributed by atoms with Gasteiger partial charge in [0.1, 0.15) is 5.75 Å². The second-order valence-corrected chi connectivity index (χ2v) is 5.47. The van der Waals surface area contributed by atoms with Crippen LogP contribution in [-0.2, 0) is 4.74 Å². The van der Waals surface area contributed by atoms with E-state index in [1.807, 2.05) is 30.3 Å². The Bertz CT molecular complexity index is 668. The monoisotopic (exact) mass is 285 g/mol. The number of carbonyl (C=O) groups excluding carboxylic acids is 1. The molecule has 0 bridgehead atoms. The summed E-state index contributed by atoms with van der Waals surface area (Å²) in [5.41, 5.74) is 0.315. The Morgan fingerprint density at radius 3 is 2.86 bits per heavy atom. The molecular weight excluding hydrogens is 266 g/mol. The molecule has 1 aliphatic rings. The number of rotatable bonds is 3. The molecular formula is C17H19NO3. The minimum absolute atomic E-state index is 0.0216. The van der Waals surface area contributed by atoms with Gasteiger partial charge in [-0.05, 0) is 30.7 Å². The van der Waals surface area contributed by atoms with Crippen LogP contribution in [0.5, 0.6) is 5.75 Å². The second-order valence-electron chi connectivity index (χ2n) is 5.47. The molecule has 2 aromatic rings. The first-order chi connectivity index (χ1) is 10.2. The molecule has 4 nitrogen and oxygen atoms in total. The number of fused-ring (bicyclic) bond motifs is 1. The molecule has 0 aromatic heterocycles. The molecule has 1 saturated carbocycles. The maximum atomic E-state index is 12.4. The predicted octanol–water partition coefficient (Wildman–Crippen LogP) is 2.84. The number of hydrogen-bond donors (Lipinski definition) is 2. The van der Waals surface area contributed by atoms with Gasteiger partial charge in [0.05, 0.1) is 17.7 Å². The van der Waals surface area contributed by atoms with Crippen LogP contribution >= 0.6 is 0 Å². The maximum Gasteiger partial charge on any atom is 0.255 e. The van der Waals surface area contributed by atoms with Crippen LogP contribution in [0.3, 0.4) is 0 Å². The third-order valence-corrected chi connectivity index (χ3v) is 4.22. The van der Waals surface area contributed by atoms with Gasteiger partial charge in [0.25, 0.3) is 5.91 Å². The Labute approximate surface area is 123 Å². The van der Waals surface area contributed by atoms with Gasteiger partial charge in [-0.15, -0.1) is 0 Å². The fraction of sp³-hybridized carbons (Fsp3) is 0.353. The summed E-state index contributed by atoms with van der Waals surface area (Å²) < 4.78 is 5.38. The van der Waals surface area contributed by atoms with Crippen molar-refractivity contribution < 1.29 is 14.6 Å². The van der Waals surface area contributed by atoms with Gasteiger partial charge < -0.3 is 15.2 Å². The van der Waals surface area contributed by atoms with E-state index >= 15 is 0 Å². The van der Waals surface area contributed by atoms with Gasteiger partial charge in [0, 0.05) is 12.5 Å². The van der Waals surface area contributed by atoms with Crippen molar-refractivity contribution >= 4 is 16.7 Å². The second kappa shape index (κ2) is 5.74. The van der Waals surface area contributed by atoms with E-state index in [1.54, 1.807) is 13.2 Å². The summed E-state index contributed by atoms with van der Waals surface area (Å²) in [6, 6.07) is 11.0. The van der Waals surface area contributed by atoms with Gasteiger partial charge in [-0.25, -0.2) is 0 Å². The smallest absolute Gasteiger partial charge is 0.255 e. The van der Waals surface area contributed by atoms with E-state index < -0.39 is 0 Å². The Balaban J connectivity index is 1.86. The lowest BCUT2D eigenvalue weighted by Gasteiger charge is -2.20. The zero-order valence-corrected chi connectivity index (χ0v) is 12.0. The highest BCUT2D eigenvalue weighted by Crippen LogP contribution is 2.29. The van der Waals surface area contributed by atoms with Crippen LogP contribution in [0.15, 0.2) is 36.4 Å². The maximum absolute atomic E-state index is 12.4. The van der Waals surface area contributed by atoms with Crippen molar-refractivity contribution in [3.05, 3.63) is 42.0 Å². The number of amides is 1. The van der Waals surface area contributed by atoms with Crippen molar-refractivity contribution in [1.29, 1.82) is 0 Å². The van der Waals surface area contributed by atoms with Crippen LogP contribution in [0, 0.1) is 0 Å². The Kier molecular flexibility index (Phi) is 3.80. The molecule has 3 rings (SSSR count). The van der Waals surface area contributed by atoms with Crippen molar-refractivity contribution in [3.63, 3.8) is 0 Å². The molecule has 0 spiro atoms. The fourth-order valence-electron chi connectivity index (χ4n) is 3.06. The average Bonchev–Trinajstić information content (AvgIpc) is 2.95. The molecule has 110 valence electrons. The first-order valence-corrected chi connectivity index (χ1v) is 7.25. The number of carbonyl (C=O) groups is 1. The molecule has 1 fully saturated rings. The van der Waals surface area contributed by atoms with E-state index in [9.17, 15) is 9.90 Å². The number of ether oxygens (including phenoxy) is 1. The molecule has 2 aromatic carbocycles. The van der Waals surface area contributed by atoms with Gasteiger partial charge in [-0.2, -0.15) is 0 Å². The molecule has 2 unspecified atom stereocenters. The summed E-state index contributed by atoms with van der Waals surface area (Å²) in [5.74, 6) is -0.204. The third kappa shape index (κ3) is 2.59. The molecule has 2 N–H and O–H groups in total. The predicted molar refractivity (Wildman–Crippen MR) is 81.5 cm³/mol. The molecule has 1 aliphatic carbocycles. The summed E-state index contributed by atoms with van der Waals surface area (Å²) in [6.07, 6.45) is 2.99. The summed E-state index contributed by atoms with van der Waals surface area (Å²) in [4.78, 5) is 12.4.